The summed E-state index contributed by atoms with van der Waals surface area (Å²) in [5, 5.41) is 18.4. The minimum absolute atomic E-state index is 0.0243. The van der Waals surface area contributed by atoms with Gasteiger partial charge in [0.2, 0.25) is 5.91 Å². The number of aliphatic carboxylic acids is 1. The summed E-state index contributed by atoms with van der Waals surface area (Å²) in [6.45, 7) is 1.36. The number of rotatable bonds is 5. The Bertz CT molecular complexity index is 432. The van der Waals surface area contributed by atoms with Gasteiger partial charge in [-0.1, -0.05) is 0 Å². The first-order chi connectivity index (χ1) is 9.16. The third-order valence-electron chi connectivity index (χ3n) is 3.24. The Morgan fingerprint density at radius 2 is 2.37 bits per heavy atom. The summed E-state index contributed by atoms with van der Waals surface area (Å²) in [5.41, 5.74) is 1.08. The Labute approximate surface area is 111 Å². The van der Waals surface area contributed by atoms with Crippen molar-refractivity contribution >= 4 is 11.9 Å². The first kappa shape index (κ1) is 13.5. The second kappa shape index (κ2) is 6.33. The second-order valence-corrected chi connectivity index (χ2v) is 4.64. The van der Waals surface area contributed by atoms with Crippen LogP contribution in [0.1, 0.15) is 18.4 Å². The maximum Gasteiger partial charge on any atom is 0.322 e. The predicted molar refractivity (Wildman–Crippen MR) is 67.5 cm³/mol. The third-order valence-corrected chi connectivity index (χ3v) is 3.24. The fraction of sp³-hybridized carbons (Fsp3) is 0.583. The van der Waals surface area contributed by atoms with Gasteiger partial charge in [-0.05, 0) is 18.4 Å². The van der Waals surface area contributed by atoms with Gasteiger partial charge in [-0.15, -0.1) is 0 Å². The summed E-state index contributed by atoms with van der Waals surface area (Å²) < 4.78 is 0. The maximum absolute atomic E-state index is 12.0. The molecule has 1 aliphatic rings. The van der Waals surface area contributed by atoms with Crippen LogP contribution < -0.4 is 5.32 Å². The first-order valence-corrected chi connectivity index (χ1v) is 6.38. The topological polar surface area (TPSA) is 98.3 Å². The van der Waals surface area contributed by atoms with Crippen LogP contribution in [-0.2, 0) is 16.0 Å². The molecule has 19 heavy (non-hydrogen) atoms. The normalized spacial score (nSPS) is 19.4. The molecule has 104 valence electrons. The van der Waals surface area contributed by atoms with Crippen molar-refractivity contribution in [1.29, 1.82) is 0 Å². The average molecular weight is 266 g/mol. The van der Waals surface area contributed by atoms with Crippen LogP contribution in [0.15, 0.2) is 12.4 Å². The van der Waals surface area contributed by atoms with Crippen molar-refractivity contribution in [3.8, 4) is 0 Å². The molecular weight excluding hydrogens is 248 g/mol. The van der Waals surface area contributed by atoms with Gasteiger partial charge in [-0.3, -0.25) is 14.7 Å². The number of carbonyl (C=O) groups is 2. The zero-order chi connectivity index (χ0) is 13.7. The molecule has 1 aliphatic heterocycles. The summed E-state index contributed by atoms with van der Waals surface area (Å²) in [6.07, 6.45) is 5.56. The molecule has 0 radical (unpaired) electrons. The second-order valence-electron chi connectivity index (χ2n) is 4.64. The Kier molecular flexibility index (Phi) is 4.51. The van der Waals surface area contributed by atoms with Gasteiger partial charge in [-0.2, -0.15) is 5.10 Å². The summed E-state index contributed by atoms with van der Waals surface area (Å²) in [6, 6.07) is -0.647. The zero-order valence-corrected chi connectivity index (χ0v) is 10.6. The molecule has 1 atom stereocenters. The van der Waals surface area contributed by atoms with E-state index in [-0.39, 0.29) is 12.5 Å². The molecule has 0 saturated carbocycles. The number of carboxylic acid groups (broad SMARTS) is 1. The van der Waals surface area contributed by atoms with Crippen LogP contribution >= 0.6 is 0 Å². The van der Waals surface area contributed by atoms with Crippen molar-refractivity contribution in [2.45, 2.75) is 25.3 Å². The lowest BCUT2D eigenvalue weighted by Gasteiger charge is -2.31. The van der Waals surface area contributed by atoms with Crippen molar-refractivity contribution in [1.82, 2.24) is 20.4 Å². The minimum atomic E-state index is -0.907. The third kappa shape index (κ3) is 3.78. The number of nitrogens with zero attached hydrogens (tertiary/aromatic N) is 2. The van der Waals surface area contributed by atoms with Crippen LogP contribution in [0.5, 0.6) is 0 Å². The van der Waals surface area contributed by atoms with E-state index in [1.54, 1.807) is 11.1 Å². The molecule has 1 aromatic rings. The quantitative estimate of drug-likeness (QED) is 0.674. The van der Waals surface area contributed by atoms with Gasteiger partial charge in [0, 0.05) is 32.3 Å². The number of aromatic amines is 1. The molecule has 7 heteroatoms. The highest BCUT2D eigenvalue weighted by Crippen LogP contribution is 2.07. The Hall–Kier alpha value is -1.89. The smallest absolute Gasteiger partial charge is 0.322 e. The van der Waals surface area contributed by atoms with Crippen molar-refractivity contribution in [3.05, 3.63) is 18.0 Å². The standard InChI is InChI=1S/C12H18N4O3/c17-11(3-1-2-9-6-14-15-7-9)16-5-4-13-10(8-16)12(18)19/h6-7,10,13H,1-5,8H2,(H,14,15)(H,18,19). The molecule has 0 aromatic carbocycles. The van der Waals surface area contributed by atoms with Gasteiger partial charge < -0.3 is 15.3 Å². The fourth-order valence-corrected chi connectivity index (χ4v) is 2.16. The molecule has 1 saturated heterocycles. The van der Waals surface area contributed by atoms with Crippen LogP contribution in [0.25, 0.3) is 0 Å². The number of amides is 1. The van der Waals surface area contributed by atoms with E-state index in [0.29, 0.717) is 19.5 Å². The van der Waals surface area contributed by atoms with Gasteiger partial charge in [0.05, 0.1) is 6.20 Å². The Balaban J connectivity index is 1.74. The molecule has 2 heterocycles. The Morgan fingerprint density at radius 3 is 3.05 bits per heavy atom. The summed E-state index contributed by atoms with van der Waals surface area (Å²) >= 11 is 0. The zero-order valence-electron chi connectivity index (χ0n) is 10.6. The van der Waals surface area contributed by atoms with Crippen LogP contribution in [0.3, 0.4) is 0 Å². The van der Waals surface area contributed by atoms with E-state index in [0.717, 1.165) is 18.4 Å². The average Bonchev–Trinajstić information content (AvgIpc) is 2.92. The monoisotopic (exact) mass is 266 g/mol. The van der Waals surface area contributed by atoms with Crippen molar-refractivity contribution in [2.24, 2.45) is 0 Å². The Morgan fingerprint density at radius 1 is 1.53 bits per heavy atom. The van der Waals surface area contributed by atoms with E-state index in [9.17, 15) is 9.59 Å². The van der Waals surface area contributed by atoms with Crippen molar-refractivity contribution < 1.29 is 14.7 Å². The molecule has 1 aromatic heterocycles. The fourth-order valence-electron chi connectivity index (χ4n) is 2.16. The van der Waals surface area contributed by atoms with Gasteiger partial charge in [-0.25, -0.2) is 0 Å². The maximum atomic E-state index is 12.0. The SMILES string of the molecule is O=C(O)C1CN(C(=O)CCCc2cn[nH]c2)CCN1. The van der Waals surface area contributed by atoms with E-state index >= 15 is 0 Å². The lowest BCUT2D eigenvalue weighted by atomic mass is 10.1. The van der Waals surface area contributed by atoms with Crippen molar-refractivity contribution in [2.75, 3.05) is 19.6 Å². The van der Waals surface area contributed by atoms with E-state index in [1.807, 2.05) is 6.20 Å². The molecule has 3 N–H and O–H groups in total. The van der Waals surface area contributed by atoms with Crippen LogP contribution in [-0.4, -0.2) is 57.8 Å². The summed E-state index contributed by atoms with van der Waals surface area (Å²) in [7, 11) is 0. The number of carbonyl (C=O) groups excluding carboxylic acids is 1. The number of carboxylic acids is 1. The number of hydrogen-bond donors (Lipinski definition) is 3. The lowest BCUT2D eigenvalue weighted by Crippen LogP contribution is -2.55. The van der Waals surface area contributed by atoms with Gasteiger partial charge >= 0.3 is 5.97 Å². The molecular formula is C12H18N4O3. The highest BCUT2D eigenvalue weighted by atomic mass is 16.4. The molecule has 1 amide bonds. The number of piperazine rings is 1. The van der Waals surface area contributed by atoms with Crippen LogP contribution in [0.2, 0.25) is 0 Å². The molecule has 1 unspecified atom stereocenters. The lowest BCUT2D eigenvalue weighted by molar-refractivity contribution is -0.142. The number of hydrogen-bond acceptors (Lipinski definition) is 4. The molecule has 2 rings (SSSR count). The van der Waals surface area contributed by atoms with E-state index < -0.39 is 12.0 Å². The van der Waals surface area contributed by atoms with E-state index in [1.165, 1.54) is 0 Å². The predicted octanol–water partition coefficient (Wildman–Crippen LogP) is -0.383. The van der Waals surface area contributed by atoms with Gasteiger partial charge in [0.1, 0.15) is 6.04 Å². The summed E-state index contributed by atoms with van der Waals surface area (Å²) in [5.74, 6) is -0.882. The van der Waals surface area contributed by atoms with Gasteiger partial charge in [0.15, 0.2) is 0 Å². The molecule has 0 spiro atoms. The van der Waals surface area contributed by atoms with E-state index in [2.05, 4.69) is 15.5 Å². The number of H-pyrrole nitrogens is 1. The van der Waals surface area contributed by atoms with Crippen molar-refractivity contribution in [3.63, 3.8) is 0 Å². The molecule has 7 nitrogen and oxygen atoms in total. The highest BCUT2D eigenvalue weighted by Gasteiger charge is 2.27. The number of aryl methyl sites for hydroxylation is 1. The van der Waals surface area contributed by atoms with Crippen LogP contribution in [0, 0.1) is 0 Å². The number of aromatic nitrogens is 2. The van der Waals surface area contributed by atoms with Crippen LogP contribution in [0.4, 0.5) is 0 Å². The highest BCUT2D eigenvalue weighted by molar-refractivity contribution is 5.79. The first-order valence-electron chi connectivity index (χ1n) is 6.38. The molecule has 0 aliphatic carbocycles. The summed E-state index contributed by atoms with van der Waals surface area (Å²) in [4.78, 5) is 24.5. The molecule has 1 fully saturated rings. The largest absolute Gasteiger partial charge is 0.480 e. The number of nitrogens with one attached hydrogen (secondary N) is 2. The van der Waals surface area contributed by atoms with E-state index in [4.69, 9.17) is 5.11 Å². The minimum Gasteiger partial charge on any atom is -0.480 e. The molecule has 0 bridgehead atoms. The van der Waals surface area contributed by atoms with Gasteiger partial charge in [0.25, 0.3) is 0 Å².